The molecule has 1 amide bonds. The molecule has 2 aromatic carbocycles. The predicted molar refractivity (Wildman–Crippen MR) is 112 cm³/mol. The molecule has 0 saturated carbocycles. The number of amides is 1. The van der Waals surface area contributed by atoms with Crippen LogP contribution in [-0.4, -0.2) is 41.3 Å². The van der Waals surface area contributed by atoms with Crippen molar-refractivity contribution in [3.8, 4) is 0 Å². The Morgan fingerprint density at radius 3 is 2.32 bits per heavy atom. The predicted octanol–water partition coefficient (Wildman–Crippen LogP) is 3.52. The van der Waals surface area contributed by atoms with Gasteiger partial charge in [-0.15, -0.1) is 0 Å². The Bertz CT molecular complexity index is 1200. The highest BCUT2D eigenvalue weighted by Crippen LogP contribution is 2.22. The molecule has 7 nitrogen and oxygen atoms in total. The molecular weight excluding hydrogens is 426 g/mol. The second-order valence-corrected chi connectivity index (χ2v) is 9.46. The third-order valence-corrected chi connectivity index (χ3v) is 7.23. The van der Waals surface area contributed by atoms with E-state index in [1.807, 2.05) is 0 Å². The molecule has 1 N–H and O–H groups in total. The van der Waals surface area contributed by atoms with Crippen molar-refractivity contribution in [2.24, 2.45) is 0 Å². The first kappa shape index (κ1) is 21.4. The van der Waals surface area contributed by atoms with Gasteiger partial charge in [-0.25, -0.2) is 22.2 Å². The first-order valence-corrected chi connectivity index (χ1v) is 11.5. The molecule has 10 heteroatoms. The first-order valence-electron chi connectivity index (χ1n) is 10.0. The molecule has 3 aromatic rings. The van der Waals surface area contributed by atoms with Gasteiger partial charge in [0.2, 0.25) is 15.9 Å². The third kappa shape index (κ3) is 4.59. The number of benzene rings is 2. The summed E-state index contributed by atoms with van der Waals surface area (Å²) in [7, 11) is -3.56. The average molecular weight is 448 g/mol. The third-order valence-electron chi connectivity index (χ3n) is 5.32. The van der Waals surface area contributed by atoms with Crippen LogP contribution in [0.25, 0.3) is 11.0 Å². The van der Waals surface area contributed by atoms with Gasteiger partial charge in [-0.2, -0.15) is 4.31 Å². The quantitative estimate of drug-likeness (QED) is 0.647. The number of sulfonamides is 1. The zero-order valence-electron chi connectivity index (χ0n) is 16.7. The summed E-state index contributed by atoms with van der Waals surface area (Å²) in [5, 5.41) is 2.68. The van der Waals surface area contributed by atoms with Gasteiger partial charge >= 0.3 is 0 Å². The van der Waals surface area contributed by atoms with Crippen molar-refractivity contribution in [3.05, 3.63) is 54.4 Å². The normalized spacial score (nSPS) is 15.7. The Morgan fingerprint density at radius 1 is 1.00 bits per heavy atom. The summed E-state index contributed by atoms with van der Waals surface area (Å²) in [6, 6.07) is 7.98. The fraction of sp³-hybridized carbons (Fsp3) is 0.333. The summed E-state index contributed by atoms with van der Waals surface area (Å²) in [5.41, 5.74) is 0.976. The van der Waals surface area contributed by atoms with Crippen LogP contribution in [0.1, 0.15) is 25.7 Å². The minimum atomic E-state index is -3.56. The minimum absolute atomic E-state index is 0.157. The van der Waals surface area contributed by atoms with Crippen molar-refractivity contribution in [3.63, 3.8) is 0 Å². The molecule has 1 aromatic heterocycles. The largest absolute Gasteiger partial charge is 0.325 e. The summed E-state index contributed by atoms with van der Waals surface area (Å²) in [4.78, 5) is 16.5. The molecule has 1 aliphatic heterocycles. The molecule has 1 aliphatic rings. The van der Waals surface area contributed by atoms with Crippen molar-refractivity contribution >= 4 is 32.7 Å². The van der Waals surface area contributed by atoms with Crippen LogP contribution in [0.3, 0.4) is 0 Å². The monoisotopic (exact) mass is 448 g/mol. The molecule has 0 bridgehead atoms. The Kier molecular flexibility index (Phi) is 6.01. The van der Waals surface area contributed by atoms with Crippen LogP contribution in [0.15, 0.2) is 47.6 Å². The maximum atomic E-state index is 13.5. The van der Waals surface area contributed by atoms with Gasteiger partial charge in [0.15, 0.2) is 11.6 Å². The molecule has 2 heterocycles. The van der Waals surface area contributed by atoms with E-state index in [0.29, 0.717) is 24.3 Å². The van der Waals surface area contributed by atoms with E-state index in [-0.39, 0.29) is 17.0 Å². The Morgan fingerprint density at radius 2 is 1.65 bits per heavy atom. The molecule has 0 unspecified atom stereocenters. The van der Waals surface area contributed by atoms with Crippen molar-refractivity contribution < 1.29 is 22.0 Å². The first-order chi connectivity index (χ1) is 14.8. The molecular formula is C21H22F2N4O3S. The number of carbonyl (C=O) groups is 1. The molecule has 1 saturated heterocycles. The number of hydrogen-bond donors (Lipinski definition) is 1. The number of anilines is 1. The molecule has 4 rings (SSSR count). The van der Waals surface area contributed by atoms with E-state index in [1.54, 1.807) is 0 Å². The van der Waals surface area contributed by atoms with Gasteiger partial charge in [0.25, 0.3) is 0 Å². The molecule has 0 spiro atoms. The Labute approximate surface area is 178 Å². The highest BCUT2D eigenvalue weighted by atomic mass is 32.2. The van der Waals surface area contributed by atoms with E-state index in [2.05, 4.69) is 10.3 Å². The lowest BCUT2D eigenvalue weighted by atomic mass is 10.2. The fourth-order valence-electron chi connectivity index (χ4n) is 3.68. The number of nitrogens with one attached hydrogen (secondary N) is 1. The maximum absolute atomic E-state index is 13.5. The van der Waals surface area contributed by atoms with Gasteiger partial charge in [0.1, 0.15) is 6.54 Å². The molecule has 0 aliphatic carbocycles. The Hall–Kier alpha value is -2.85. The summed E-state index contributed by atoms with van der Waals surface area (Å²) in [6.07, 6.45) is 5.11. The highest BCUT2D eigenvalue weighted by Gasteiger charge is 2.25. The van der Waals surface area contributed by atoms with Crippen molar-refractivity contribution in [2.45, 2.75) is 37.1 Å². The van der Waals surface area contributed by atoms with Gasteiger partial charge < -0.3 is 9.88 Å². The Balaban J connectivity index is 1.44. The SMILES string of the molecule is O=C(Cn1cnc2cc(F)c(F)cc21)Nc1ccc(S(=O)(=O)N2CCCCCC2)cc1. The van der Waals surface area contributed by atoms with Gasteiger partial charge in [-0.1, -0.05) is 12.8 Å². The van der Waals surface area contributed by atoms with Crippen LogP contribution in [0, 0.1) is 11.6 Å². The maximum Gasteiger partial charge on any atom is 0.244 e. The summed E-state index contributed by atoms with van der Waals surface area (Å²) < 4.78 is 55.4. The van der Waals surface area contributed by atoms with E-state index >= 15 is 0 Å². The summed E-state index contributed by atoms with van der Waals surface area (Å²) in [6.45, 7) is 0.879. The smallest absolute Gasteiger partial charge is 0.244 e. The molecule has 1 fully saturated rings. The van der Waals surface area contributed by atoms with Crippen molar-refractivity contribution in [1.82, 2.24) is 13.9 Å². The van der Waals surface area contributed by atoms with Crippen molar-refractivity contribution in [1.29, 1.82) is 0 Å². The second kappa shape index (κ2) is 8.72. The van der Waals surface area contributed by atoms with Crippen LogP contribution in [0.2, 0.25) is 0 Å². The molecule has 0 atom stereocenters. The van der Waals surface area contributed by atoms with Gasteiger partial charge in [-0.3, -0.25) is 4.79 Å². The van der Waals surface area contributed by atoms with Crippen LogP contribution >= 0.6 is 0 Å². The summed E-state index contributed by atoms with van der Waals surface area (Å²) in [5.74, 6) is -2.43. The van der Waals surface area contributed by atoms with Crippen LogP contribution < -0.4 is 5.32 Å². The minimum Gasteiger partial charge on any atom is -0.325 e. The average Bonchev–Trinajstić information content (AvgIpc) is 2.94. The van der Waals surface area contributed by atoms with Gasteiger partial charge in [0.05, 0.1) is 22.3 Å². The number of nitrogens with zero attached hydrogens (tertiary/aromatic N) is 3. The standard InChI is InChI=1S/C21H22F2N4O3S/c22-17-11-19-20(12-18(17)23)26(14-24-19)13-21(28)25-15-5-7-16(8-6-15)31(29,30)27-9-3-1-2-4-10-27/h5-8,11-12,14H,1-4,9-10,13H2,(H,25,28). The van der Waals surface area contributed by atoms with E-state index in [1.165, 1.54) is 39.5 Å². The zero-order chi connectivity index (χ0) is 22.0. The number of imidazole rings is 1. The lowest BCUT2D eigenvalue weighted by Crippen LogP contribution is -2.31. The van der Waals surface area contributed by atoms with E-state index < -0.39 is 27.6 Å². The van der Waals surface area contributed by atoms with Gasteiger partial charge in [0, 0.05) is 30.9 Å². The van der Waals surface area contributed by atoms with Crippen LogP contribution in [-0.2, 0) is 21.4 Å². The number of halogens is 2. The van der Waals surface area contributed by atoms with Gasteiger partial charge in [-0.05, 0) is 37.1 Å². The lowest BCUT2D eigenvalue weighted by Gasteiger charge is -2.20. The van der Waals surface area contributed by atoms with Crippen LogP contribution in [0.5, 0.6) is 0 Å². The number of hydrogen-bond acceptors (Lipinski definition) is 4. The van der Waals surface area contributed by atoms with Crippen LogP contribution in [0.4, 0.5) is 14.5 Å². The number of carbonyl (C=O) groups excluding carboxylic acids is 1. The highest BCUT2D eigenvalue weighted by molar-refractivity contribution is 7.89. The number of aromatic nitrogens is 2. The van der Waals surface area contributed by atoms with E-state index in [0.717, 1.165) is 37.8 Å². The number of rotatable bonds is 5. The number of fused-ring (bicyclic) bond motifs is 1. The van der Waals surface area contributed by atoms with E-state index in [4.69, 9.17) is 0 Å². The van der Waals surface area contributed by atoms with Crippen molar-refractivity contribution in [2.75, 3.05) is 18.4 Å². The second-order valence-electron chi connectivity index (χ2n) is 7.52. The molecule has 164 valence electrons. The summed E-state index contributed by atoms with van der Waals surface area (Å²) >= 11 is 0. The molecule has 31 heavy (non-hydrogen) atoms. The van der Waals surface area contributed by atoms with E-state index in [9.17, 15) is 22.0 Å². The zero-order valence-corrected chi connectivity index (χ0v) is 17.5. The molecule has 0 radical (unpaired) electrons. The topological polar surface area (TPSA) is 84.3 Å². The fourth-order valence-corrected chi connectivity index (χ4v) is 5.19. The lowest BCUT2D eigenvalue weighted by molar-refractivity contribution is -0.116.